The number of aliphatic carboxylic acids is 1. The summed E-state index contributed by atoms with van der Waals surface area (Å²) in [5.41, 5.74) is -0.509. The lowest BCUT2D eigenvalue weighted by atomic mass is 9.69. The highest BCUT2D eigenvalue weighted by Gasteiger charge is 2.42. The normalized spacial score (nSPS) is 24.8. The molecular formula is C13H16O3S. The molecule has 1 aliphatic carbocycles. The summed E-state index contributed by atoms with van der Waals surface area (Å²) < 4.78 is 0. The van der Waals surface area contributed by atoms with E-state index < -0.39 is 11.4 Å². The van der Waals surface area contributed by atoms with Gasteiger partial charge in [0.15, 0.2) is 0 Å². The van der Waals surface area contributed by atoms with Gasteiger partial charge in [-0.05, 0) is 30.7 Å². The van der Waals surface area contributed by atoms with Crippen LogP contribution in [0.3, 0.4) is 0 Å². The molecule has 2 rings (SSSR count). The number of carboxylic acids is 1. The number of carboxylic acid groups (broad SMARTS) is 1. The van der Waals surface area contributed by atoms with Crippen LogP contribution in [0.5, 0.6) is 0 Å². The molecule has 1 aromatic rings. The molecule has 1 aromatic heterocycles. The van der Waals surface area contributed by atoms with Gasteiger partial charge in [0.05, 0.1) is 5.41 Å². The molecule has 1 fully saturated rings. The molecule has 17 heavy (non-hydrogen) atoms. The van der Waals surface area contributed by atoms with Gasteiger partial charge < -0.3 is 5.11 Å². The summed E-state index contributed by atoms with van der Waals surface area (Å²) in [6.45, 7) is 0. The Kier molecular flexibility index (Phi) is 3.62. The standard InChI is InChI=1S/C13H16O3S/c14-10-4-1-2-7-13(10,8-6-12(15)16)11-5-3-9-17-11/h3,5,9H,1-2,4,6-8H2,(H,15,16)/t13-/m0/s1. The van der Waals surface area contributed by atoms with Gasteiger partial charge in [-0.1, -0.05) is 12.5 Å². The van der Waals surface area contributed by atoms with Crippen molar-refractivity contribution in [1.29, 1.82) is 0 Å². The van der Waals surface area contributed by atoms with Crippen molar-refractivity contribution in [2.24, 2.45) is 0 Å². The van der Waals surface area contributed by atoms with Crippen LogP contribution in [0.2, 0.25) is 0 Å². The minimum Gasteiger partial charge on any atom is -0.481 e. The van der Waals surface area contributed by atoms with Gasteiger partial charge in [-0.2, -0.15) is 0 Å². The fraction of sp³-hybridized carbons (Fsp3) is 0.538. The molecule has 0 unspecified atom stereocenters. The highest BCUT2D eigenvalue weighted by Crippen LogP contribution is 2.42. The van der Waals surface area contributed by atoms with E-state index in [0.717, 1.165) is 24.1 Å². The fourth-order valence-electron chi connectivity index (χ4n) is 2.61. The number of hydrogen-bond donors (Lipinski definition) is 1. The molecule has 3 nitrogen and oxygen atoms in total. The average molecular weight is 252 g/mol. The predicted molar refractivity (Wildman–Crippen MR) is 66.3 cm³/mol. The van der Waals surface area contributed by atoms with E-state index in [2.05, 4.69) is 0 Å². The summed E-state index contributed by atoms with van der Waals surface area (Å²) in [5.74, 6) is -0.591. The number of hydrogen-bond acceptors (Lipinski definition) is 3. The monoisotopic (exact) mass is 252 g/mol. The van der Waals surface area contributed by atoms with Gasteiger partial charge in [-0.25, -0.2) is 0 Å². The Hall–Kier alpha value is -1.16. The number of rotatable bonds is 4. The zero-order chi connectivity index (χ0) is 12.3. The molecule has 1 atom stereocenters. The molecular weight excluding hydrogens is 236 g/mol. The summed E-state index contributed by atoms with van der Waals surface area (Å²) in [6.07, 6.45) is 3.88. The maximum absolute atomic E-state index is 12.2. The Morgan fingerprint density at radius 3 is 2.88 bits per heavy atom. The topological polar surface area (TPSA) is 54.4 Å². The number of carbonyl (C=O) groups is 2. The van der Waals surface area contributed by atoms with Crippen molar-refractivity contribution in [2.45, 2.75) is 43.9 Å². The lowest BCUT2D eigenvalue weighted by Gasteiger charge is -2.34. The summed E-state index contributed by atoms with van der Waals surface area (Å²) in [7, 11) is 0. The van der Waals surface area contributed by atoms with Crippen LogP contribution < -0.4 is 0 Å². The van der Waals surface area contributed by atoms with E-state index in [4.69, 9.17) is 5.11 Å². The zero-order valence-corrected chi connectivity index (χ0v) is 10.5. The first-order valence-corrected chi connectivity index (χ1v) is 6.82. The van der Waals surface area contributed by atoms with Gasteiger partial charge in [-0.3, -0.25) is 9.59 Å². The first-order valence-electron chi connectivity index (χ1n) is 5.94. The second-order valence-electron chi connectivity index (χ2n) is 4.58. The Morgan fingerprint density at radius 2 is 2.29 bits per heavy atom. The van der Waals surface area contributed by atoms with Gasteiger partial charge in [0.25, 0.3) is 0 Å². The van der Waals surface area contributed by atoms with Crippen molar-refractivity contribution < 1.29 is 14.7 Å². The van der Waals surface area contributed by atoms with Crippen molar-refractivity contribution in [3.8, 4) is 0 Å². The molecule has 0 radical (unpaired) electrons. The van der Waals surface area contributed by atoms with Crippen molar-refractivity contribution in [1.82, 2.24) is 0 Å². The predicted octanol–water partition coefficient (Wildman–Crippen LogP) is 2.99. The summed E-state index contributed by atoms with van der Waals surface area (Å²) in [6, 6.07) is 3.90. The van der Waals surface area contributed by atoms with E-state index in [1.165, 1.54) is 0 Å². The Bertz CT molecular complexity index is 410. The highest BCUT2D eigenvalue weighted by atomic mass is 32.1. The molecule has 1 heterocycles. The van der Waals surface area contributed by atoms with Crippen LogP contribution in [0.25, 0.3) is 0 Å². The van der Waals surface area contributed by atoms with Crippen LogP contribution in [-0.2, 0) is 15.0 Å². The largest absolute Gasteiger partial charge is 0.481 e. The summed E-state index contributed by atoms with van der Waals surface area (Å²) >= 11 is 1.57. The number of carbonyl (C=O) groups excluding carboxylic acids is 1. The quantitative estimate of drug-likeness (QED) is 0.896. The van der Waals surface area contributed by atoms with E-state index in [0.29, 0.717) is 12.8 Å². The molecule has 0 aromatic carbocycles. The molecule has 1 N–H and O–H groups in total. The van der Waals surface area contributed by atoms with Crippen molar-refractivity contribution in [3.05, 3.63) is 22.4 Å². The third-order valence-electron chi connectivity index (χ3n) is 3.55. The number of Topliss-reactive ketones (excluding diaryl/α,β-unsaturated/α-hetero) is 1. The van der Waals surface area contributed by atoms with E-state index >= 15 is 0 Å². The molecule has 1 aliphatic rings. The molecule has 0 spiro atoms. The molecule has 92 valence electrons. The van der Waals surface area contributed by atoms with E-state index in [1.807, 2.05) is 17.5 Å². The SMILES string of the molecule is O=C(O)CC[C@@]1(c2cccs2)CCCCC1=O. The second kappa shape index (κ2) is 5.00. The fourth-order valence-corrected chi connectivity index (χ4v) is 3.61. The molecule has 0 aliphatic heterocycles. The van der Waals surface area contributed by atoms with Crippen molar-refractivity contribution >= 4 is 23.1 Å². The minimum atomic E-state index is -0.820. The molecule has 0 saturated heterocycles. The average Bonchev–Trinajstić information content (AvgIpc) is 2.82. The third kappa shape index (κ3) is 2.41. The number of thiophene rings is 1. The number of ketones is 1. The molecule has 4 heteroatoms. The smallest absolute Gasteiger partial charge is 0.303 e. The zero-order valence-electron chi connectivity index (χ0n) is 9.65. The second-order valence-corrected chi connectivity index (χ2v) is 5.53. The van der Waals surface area contributed by atoms with Gasteiger partial charge in [0, 0.05) is 17.7 Å². The maximum atomic E-state index is 12.2. The van der Waals surface area contributed by atoms with Gasteiger partial charge in [0.2, 0.25) is 0 Å². The lowest BCUT2D eigenvalue weighted by Crippen LogP contribution is -2.38. The van der Waals surface area contributed by atoms with E-state index in [-0.39, 0.29) is 12.2 Å². The van der Waals surface area contributed by atoms with Crippen LogP contribution in [0, 0.1) is 0 Å². The van der Waals surface area contributed by atoms with Gasteiger partial charge in [0.1, 0.15) is 5.78 Å². The Balaban J connectivity index is 2.28. The minimum absolute atomic E-state index is 0.0731. The lowest BCUT2D eigenvalue weighted by molar-refractivity contribution is -0.138. The Morgan fingerprint density at radius 1 is 1.47 bits per heavy atom. The molecule has 0 bridgehead atoms. The van der Waals surface area contributed by atoms with Crippen LogP contribution in [0.1, 0.15) is 43.4 Å². The molecule has 1 saturated carbocycles. The van der Waals surface area contributed by atoms with Crippen LogP contribution >= 0.6 is 11.3 Å². The third-order valence-corrected chi connectivity index (χ3v) is 4.62. The summed E-state index contributed by atoms with van der Waals surface area (Å²) in [4.78, 5) is 24.0. The highest BCUT2D eigenvalue weighted by molar-refractivity contribution is 7.10. The Labute approximate surface area is 104 Å². The van der Waals surface area contributed by atoms with Gasteiger partial charge >= 0.3 is 5.97 Å². The van der Waals surface area contributed by atoms with Gasteiger partial charge in [-0.15, -0.1) is 11.3 Å². The molecule has 0 amide bonds. The first-order chi connectivity index (χ1) is 8.15. The van der Waals surface area contributed by atoms with E-state index in [9.17, 15) is 9.59 Å². The van der Waals surface area contributed by atoms with Crippen LogP contribution in [0.4, 0.5) is 0 Å². The van der Waals surface area contributed by atoms with Crippen molar-refractivity contribution in [3.63, 3.8) is 0 Å². The first kappa shape index (κ1) is 12.3. The summed E-state index contributed by atoms with van der Waals surface area (Å²) in [5, 5.41) is 10.8. The van der Waals surface area contributed by atoms with Crippen molar-refractivity contribution in [2.75, 3.05) is 0 Å². The van der Waals surface area contributed by atoms with E-state index in [1.54, 1.807) is 11.3 Å². The van der Waals surface area contributed by atoms with Crippen LogP contribution in [-0.4, -0.2) is 16.9 Å². The maximum Gasteiger partial charge on any atom is 0.303 e. The van der Waals surface area contributed by atoms with Crippen LogP contribution in [0.15, 0.2) is 17.5 Å².